The molecule has 0 fully saturated rings. The van der Waals surface area contributed by atoms with Crippen LogP contribution in [0.15, 0.2) is 42.5 Å². The Bertz CT molecular complexity index is 688. The van der Waals surface area contributed by atoms with Crippen LogP contribution < -0.4 is 5.73 Å². The van der Waals surface area contributed by atoms with Gasteiger partial charge in [0, 0.05) is 17.8 Å². The zero-order chi connectivity index (χ0) is 13.4. The van der Waals surface area contributed by atoms with Crippen LogP contribution in [0.1, 0.15) is 16.7 Å². The van der Waals surface area contributed by atoms with E-state index in [4.69, 9.17) is 5.73 Å². The Kier molecular flexibility index (Phi) is 2.56. The molecular formula is C15H12N2O2. The summed E-state index contributed by atoms with van der Waals surface area (Å²) in [6, 6.07) is 12.7. The van der Waals surface area contributed by atoms with Crippen molar-refractivity contribution in [3.05, 3.63) is 69.3 Å². The summed E-state index contributed by atoms with van der Waals surface area (Å²) >= 11 is 0. The molecule has 4 nitrogen and oxygen atoms in total. The van der Waals surface area contributed by atoms with E-state index in [0.717, 1.165) is 34.4 Å². The minimum absolute atomic E-state index is 0.133. The molecule has 94 valence electrons. The number of nitrogen functional groups attached to an aromatic ring is 1. The van der Waals surface area contributed by atoms with E-state index in [1.165, 1.54) is 0 Å². The first kappa shape index (κ1) is 11.5. The van der Waals surface area contributed by atoms with Crippen molar-refractivity contribution < 1.29 is 4.92 Å². The molecule has 0 heterocycles. The van der Waals surface area contributed by atoms with Crippen LogP contribution in [0.5, 0.6) is 0 Å². The first-order valence-corrected chi connectivity index (χ1v) is 5.97. The first-order chi connectivity index (χ1) is 9.13. The molecule has 3 rings (SSSR count). The van der Waals surface area contributed by atoms with Gasteiger partial charge in [0.15, 0.2) is 0 Å². The topological polar surface area (TPSA) is 69.2 Å². The number of benzene rings is 2. The lowest BCUT2D eigenvalue weighted by molar-refractivity contribution is -0.384. The minimum atomic E-state index is -0.366. The van der Waals surface area contributed by atoms with E-state index >= 15 is 0 Å². The SMILES string of the molecule is Nc1ccc(C2=Cc3cc([N+](=O)[O-])ccc3C2)cc1. The van der Waals surface area contributed by atoms with Crippen molar-refractivity contribution in [1.82, 2.24) is 0 Å². The number of fused-ring (bicyclic) bond motifs is 1. The lowest BCUT2D eigenvalue weighted by Crippen LogP contribution is -1.90. The van der Waals surface area contributed by atoms with Crippen LogP contribution in [-0.2, 0) is 6.42 Å². The van der Waals surface area contributed by atoms with Gasteiger partial charge < -0.3 is 5.73 Å². The van der Waals surface area contributed by atoms with Gasteiger partial charge in [-0.3, -0.25) is 10.1 Å². The summed E-state index contributed by atoms with van der Waals surface area (Å²) in [5.41, 5.74) is 10.9. The normalized spacial score (nSPS) is 12.9. The third kappa shape index (κ3) is 2.08. The van der Waals surface area contributed by atoms with E-state index in [1.807, 2.05) is 36.4 Å². The molecule has 19 heavy (non-hydrogen) atoms. The number of nitrogens with zero attached hydrogens (tertiary/aromatic N) is 1. The van der Waals surface area contributed by atoms with Crippen molar-refractivity contribution in [2.45, 2.75) is 6.42 Å². The molecule has 0 saturated carbocycles. The second kappa shape index (κ2) is 4.24. The lowest BCUT2D eigenvalue weighted by atomic mass is 10.0. The van der Waals surface area contributed by atoms with Gasteiger partial charge in [-0.15, -0.1) is 0 Å². The van der Waals surface area contributed by atoms with Gasteiger partial charge in [0.05, 0.1) is 4.92 Å². The molecule has 0 aliphatic heterocycles. The minimum Gasteiger partial charge on any atom is -0.399 e. The molecule has 0 atom stereocenters. The molecule has 0 saturated heterocycles. The van der Waals surface area contributed by atoms with Crippen molar-refractivity contribution in [1.29, 1.82) is 0 Å². The maximum Gasteiger partial charge on any atom is 0.270 e. The van der Waals surface area contributed by atoms with E-state index < -0.39 is 0 Å². The molecular weight excluding hydrogens is 240 g/mol. The number of nitro benzene ring substituents is 1. The largest absolute Gasteiger partial charge is 0.399 e. The molecule has 1 aliphatic rings. The van der Waals surface area contributed by atoms with Crippen molar-refractivity contribution in [3.8, 4) is 0 Å². The van der Waals surface area contributed by atoms with Gasteiger partial charge in [0.2, 0.25) is 0 Å². The molecule has 2 aromatic carbocycles. The predicted octanol–water partition coefficient (Wildman–Crippen LogP) is 3.27. The number of nitro groups is 1. The highest BCUT2D eigenvalue weighted by atomic mass is 16.6. The van der Waals surface area contributed by atoms with Crippen molar-refractivity contribution in [3.63, 3.8) is 0 Å². The summed E-state index contributed by atoms with van der Waals surface area (Å²) < 4.78 is 0. The first-order valence-electron chi connectivity index (χ1n) is 5.97. The lowest BCUT2D eigenvalue weighted by Gasteiger charge is -2.02. The summed E-state index contributed by atoms with van der Waals surface area (Å²) in [6.07, 6.45) is 2.81. The number of allylic oxidation sites excluding steroid dienone is 1. The Labute approximate surface area is 110 Å². The van der Waals surface area contributed by atoms with E-state index in [1.54, 1.807) is 12.1 Å². The third-order valence-corrected chi connectivity index (χ3v) is 3.33. The summed E-state index contributed by atoms with van der Waals surface area (Å²) in [6.45, 7) is 0. The zero-order valence-electron chi connectivity index (χ0n) is 10.2. The van der Waals surface area contributed by atoms with Crippen LogP contribution in [0, 0.1) is 10.1 Å². The number of hydrogen-bond donors (Lipinski definition) is 1. The van der Waals surface area contributed by atoms with E-state index in [2.05, 4.69) is 0 Å². The maximum atomic E-state index is 10.8. The summed E-state index contributed by atoms with van der Waals surface area (Å²) in [5, 5.41) is 10.8. The zero-order valence-corrected chi connectivity index (χ0v) is 10.2. The van der Waals surface area contributed by atoms with E-state index in [9.17, 15) is 10.1 Å². The summed E-state index contributed by atoms with van der Waals surface area (Å²) in [4.78, 5) is 10.4. The van der Waals surface area contributed by atoms with Crippen LogP contribution in [0.4, 0.5) is 11.4 Å². The highest BCUT2D eigenvalue weighted by Gasteiger charge is 2.17. The number of hydrogen-bond acceptors (Lipinski definition) is 3. The second-order valence-electron chi connectivity index (χ2n) is 4.61. The van der Waals surface area contributed by atoms with Crippen LogP contribution in [0.2, 0.25) is 0 Å². The number of non-ortho nitro benzene ring substituents is 1. The Hall–Kier alpha value is -2.62. The van der Waals surface area contributed by atoms with Gasteiger partial charge >= 0.3 is 0 Å². The van der Waals surface area contributed by atoms with Crippen molar-refractivity contribution in [2.24, 2.45) is 0 Å². The fourth-order valence-electron chi connectivity index (χ4n) is 2.32. The average Bonchev–Trinajstić information content (AvgIpc) is 2.82. The quantitative estimate of drug-likeness (QED) is 0.506. The molecule has 0 amide bonds. The van der Waals surface area contributed by atoms with Crippen LogP contribution in [-0.4, -0.2) is 4.92 Å². The number of nitrogens with two attached hydrogens (primary N) is 1. The number of rotatable bonds is 2. The second-order valence-corrected chi connectivity index (χ2v) is 4.61. The molecule has 0 bridgehead atoms. The van der Waals surface area contributed by atoms with Crippen molar-refractivity contribution in [2.75, 3.05) is 5.73 Å². The Balaban J connectivity index is 1.97. The maximum absolute atomic E-state index is 10.8. The smallest absolute Gasteiger partial charge is 0.270 e. The standard InChI is InChI=1S/C15H12N2O2/c16-14-4-1-10(2-5-14)12-7-11-3-6-15(17(18)19)9-13(11)8-12/h1-6,8-9H,7,16H2. The van der Waals surface area contributed by atoms with Gasteiger partial charge in [-0.2, -0.15) is 0 Å². The van der Waals surface area contributed by atoms with Crippen LogP contribution in [0.25, 0.3) is 11.6 Å². The summed E-state index contributed by atoms with van der Waals surface area (Å²) in [5.74, 6) is 0. The third-order valence-electron chi connectivity index (χ3n) is 3.33. The molecule has 0 spiro atoms. The van der Waals surface area contributed by atoms with Gasteiger partial charge in [-0.1, -0.05) is 24.3 Å². The Morgan fingerprint density at radius 2 is 1.84 bits per heavy atom. The predicted molar refractivity (Wildman–Crippen MR) is 75.5 cm³/mol. The highest BCUT2D eigenvalue weighted by Crippen LogP contribution is 2.33. The summed E-state index contributed by atoms with van der Waals surface area (Å²) in [7, 11) is 0. The van der Waals surface area contributed by atoms with Gasteiger partial charge in [-0.05, 0) is 40.8 Å². The molecule has 1 aliphatic carbocycles. The van der Waals surface area contributed by atoms with Gasteiger partial charge in [-0.25, -0.2) is 0 Å². The molecule has 0 unspecified atom stereocenters. The average molecular weight is 252 g/mol. The highest BCUT2D eigenvalue weighted by molar-refractivity contribution is 5.89. The molecule has 0 aromatic heterocycles. The Morgan fingerprint density at radius 3 is 2.53 bits per heavy atom. The van der Waals surface area contributed by atoms with E-state index in [0.29, 0.717) is 0 Å². The molecule has 2 N–H and O–H groups in total. The number of anilines is 1. The van der Waals surface area contributed by atoms with Crippen LogP contribution in [0.3, 0.4) is 0 Å². The Morgan fingerprint density at radius 1 is 1.11 bits per heavy atom. The van der Waals surface area contributed by atoms with Gasteiger partial charge in [0.1, 0.15) is 0 Å². The van der Waals surface area contributed by atoms with E-state index in [-0.39, 0.29) is 10.6 Å². The van der Waals surface area contributed by atoms with Crippen LogP contribution >= 0.6 is 0 Å². The fraction of sp³-hybridized carbons (Fsp3) is 0.0667. The van der Waals surface area contributed by atoms with Gasteiger partial charge in [0.25, 0.3) is 5.69 Å². The molecule has 0 radical (unpaired) electrons. The van der Waals surface area contributed by atoms with Crippen molar-refractivity contribution >= 4 is 23.0 Å². The monoisotopic (exact) mass is 252 g/mol. The molecule has 2 aromatic rings. The fourth-order valence-corrected chi connectivity index (χ4v) is 2.32. The molecule has 4 heteroatoms.